The van der Waals surface area contributed by atoms with Gasteiger partial charge < -0.3 is 9.47 Å². The topological polar surface area (TPSA) is 52.6 Å². The van der Waals surface area contributed by atoms with Gasteiger partial charge in [-0.1, -0.05) is 31.0 Å². The fourth-order valence-corrected chi connectivity index (χ4v) is 2.92. The van der Waals surface area contributed by atoms with Crippen LogP contribution in [-0.2, 0) is 19.1 Å². The minimum Gasteiger partial charge on any atom is -0.465 e. The van der Waals surface area contributed by atoms with Crippen LogP contribution in [0.15, 0.2) is 10.6 Å². The van der Waals surface area contributed by atoms with E-state index in [-0.39, 0.29) is 26.1 Å². The van der Waals surface area contributed by atoms with Gasteiger partial charge in [-0.15, -0.1) is 23.2 Å². The number of carbonyl (C=O) groups excluding carboxylic acids is 2. The summed E-state index contributed by atoms with van der Waals surface area (Å²) in [6.45, 7) is 9.32. The zero-order valence-electron chi connectivity index (χ0n) is 15.0. The smallest absolute Gasteiger partial charge is 0.327 e. The van der Waals surface area contributed by atoms with Gasteiger partial charge in [0.05, 0.1) is 13.2 Å². The summed E-state index contributed by atoms with van der Waals surface area (Å²) in [5.41, 5.74) is 0.698. The number of halogens is 3. The van der Waals surface area contributed by atoms with Gasteiger partial charge >= 0.3 is 11.9 Å². The SMILES string of the molecule is CCOC(=O)C(Cl)(CC)CC(C)=C(Cl)CC(Cl)(CC)C(=O)OCC. The normalized spacial score (nSPS) is 17.3. The Labute approximate surface area is 159 Å². The molecule has 24 heavy (non-hydrogen) atoms. The number of esters is 2. The van der Waals surface area contributed by atoms with E-state index in [1.807, 2.05) is 6.92 Å². The highest BCUT2D eigenvalue weighted by atomic mass is 35.5. The van der Waals surface area contributed by atoms with Gasteiger partial charge in [-0.2, -0.15) is 0 Å². The lowest BCUT2D eigenvalue weighted by Gasteiger charge is -2.26. The Kier molecular flexibility index (Phi) is 10.3. The van der Waals surface area contributed by atoms with Crippen LogP contribution in [0.3, 0.4) is 0 Å². The van der Waals surface area contributed by atoms with E-state index in [1.54, 1.807) is 27.7 Å². The summed E-state index contributed by atoms with van der Waals surface area (Å²) in [5, 5.41) is 0.405. The second-order valence-electron chi connectivity index (χ2n) is 5.62. The second-order valence-corrected chi connectivity index (χ2v) is 7.52. The molecule has 0 aliphatic heterocycles. The first-order chi connectivity index (χ1) is 11.1. The fourth-order valence-electron chi connectivity index (χ4n) is 2.12. The minimum atomic E-state index is -1.22. The highest BCUT2D eigenvalue weighted by molar-refractivity contribution is 6.37. The molecule has 140 valence electrons. The molecular weight excluding hydrogens is 375 g/mol. The molecule has 0 saturated carbocycles. The monoisotopic (exact) mass is 400 g/mol. The molecule has 0 rings (SSSR count). The number of carbonyl (C=O) groups is 2. The van der Waals surface area contributed by atoms with Crippen molar-refractivity contribution < 1.29 is 19.1 Å². The number of alkyl halides is 2. The number of hydrogen-bond acceptors (Lipinski definition) is 4. The molecule has 0 radical (unpaired) electrons. The Balaban J connectivity index is 5.30. The van der Waals surface area contributed by atoms with Crippen molar-refractivity contribution in [3.63, 3.8) is 0 Å². The van der Waals surface area contributed by atoms with E-state index in [4.69, 9.17) is 44.3 Å². The van der Waals surface area contributed by atoms with Crippen LogP contribution in [0.5, 0.6) is 0 Å². The Morgan fingerprint density at radius 2 is 1.21 bits per heavy atom. The van der Waals surface area contributed by atoms with Crippen molar-refractivity contribution >= 4 is 46.7 Å². The third-order valence-corrected chi connectivity index (χ3v) is 5.41. The van der Waals surface area contributed by atoms with E-state index in [9.17, 15) is 9.59 Å². The first kappa shape index (κ1) is 23.5. The van der Waals surface area contributed by atoms with Crippen LogP contribution in [0.4, 0.5) is 0 Å². The van der Waals surface area contributed by atoms with Crippen molar-refractivity contribution in [2.24, 2.45) is 0 Å². The molecule has 0 aromatic carbocycles. The van der Waals surface area contributed by atoms with Crippen LogP contribution in [0, 0.1) is 0 Å². The molecule has 2 atom stereocenters. The summed E-state index contributed by atoms with van der Waals surface area (Å²) >= 11 is 19.2. The Morgan fingerprint density at radius 1 is 0.833 bits per heavy atom. The van der Waals surface area contributed by atoms with E-state index < -0.39 is 21.7 Å². The molecule has 0 aliphatic rings. The first-order valence-electron chi connectivity index (χ1n) is 8.16. The Bertz CT molecular complexity index is 436. The van der Waals surface area contributed by atoms with E-state index in [2.05, 4.69) is 0 Å². The molecule has 0 aliphatic carbocycles. The van der Waals surface area contributed by atoms with Gasteiger partial charge in [0.15, 0.2) is 0 Å². The van der Waals surface area contributed by atoms with Crippen LogP contribution in [0.25, 0.3) is 0 Å². The van der Waals surface area contributed by atoms with E-state index in [0.29, 0.717) is 23.4 Å². The number of hydrogen-bond donors (Lipinski definition) is 0. The largest absolute Gasteiger partial charge is 0.465 e. The maximum absolute atomic E-state index is 12.1. The molecule has 0 amide bonds. The third kappa shape index (κ3) is 6.45. The van der Waals surface area contributed by atoms with Crippen LogP contribution < -0.4 is 0 Å². The van der Waals surface area contributed by atoms with Crippen LogP contribution in [0.1, 0.15) is 60.3 Å². The molecular formula is C17H27Cl3O4. The molecule has 0 aromatic rings. The highest BCUT2D eigenvalue weighted by Gasteiger charge is 2.39. The zero-order chi connectivity index (χ0) is 19.0. The molecule has 0 fully saturated rings. The summed E-state index contributed by atoms with van der Waals surface area (Å²) in [5.74, 6) is -0.978. The Hall–Kier alpha value is -0.450. The first-order valence-corrected chi connectivity index (χ1v) is 9.29. The summed E-state index contributed by atoms with van der Waals surface area (Å²) in [7, 11) is 0. The predicted octanol–water partition coefficient (Wildman–Crippen LogP) is 5.18. The molecule has 0 heterocycles. The molecule has 2 unspecified atom stereocenters. The maximum atomic E-state index is 12.1. The van der Waals surface area contributed by atoms with Crippen LogP contribution in [-0.4, -0.2) is 34.9 Å². The van der Waals surface area contributed by atoms with Gasteiger partial charge in [0.25, 0.3) is 0 Å². The molecule has 0 aromatic heterocycles. The average Bonchev–Trinajstić information content (AvgIpc) is 2.54. The molecule has 0 spiro atoms. The lowest BCUT2D eigenvalue weighted by atomic mass is 9.93. The van der Waals surface area contributed by atoms with Gasteiger partial charge in [-0.3, -0.25) is 9.59 Å². The van der Waals surface area contributed by atoms with E-state index in [0.717, 1.165) is 0 Å². The van der Waals surface area contributed by atoms with Gasteiger partial charge in [0.2, 0.25) is 0 Å². The number of ether oxygens (including phenoxy) is 2. The van der Waals surface area contributed by atoms with Crippen LogP contribution in [0.2, 0.25) is 0 Å². The van der Waals surface area contributed by atoms with Crippen molar-refractivity contribution in [1.82, 2.24) is 0 Å². The predicted molar refractivity (Wildman–Crippen MR) is 98.8 cm³/mol. The summed E-state index contributed by atoms with van der Waals surface area (Å²) < 4.78 is 10.1. The quantitative estimate of drug-likeness (QED) is 0.374. The van der Waals surface area contributed by atoms with Gasteiger partial charge in [-0.05, 0) is 40.0 Å². The molecule has 7 heteroatoms. The van der Waals surface area contributed by atoms with Crippen molar-refractivity contribution in [3.05, 3.63) is 10.6 Å². The fraction of sp³-hybridized carbons (Fsp3) is 0.765. The van der Waals surface area contributed by atoms with Crippen molar-refractivity contribution in [2.45, 2.75) is 70.1 Å². The van der Waals surface area contributed by atoms with Crippen molar-refractivity contribution in [1.29, 1.82) is 0 Å². The van der Waals surface area contributed by atoms with Gasteiger partial charge in [0, 0.05) is 11.5 Å². The van der Waals surface area contributed by atoms with Crippen molar-refractivity contribution in [3.8, 4) is 0 Å². The van der Waals surface area contributed by atoms with E-state index in [1.165, 1.54) is 0 Å². The van der Waals surface area contributed by atoms with E-state index >= 15 is 0 Å². The summed E-state index contributed by atoms with van der Waals surface area (Å²) in [6, 6.07) is 0. The molecule has 0 saturated heterocycles. The highest BCUT2D eigenvalue weighted by Crippen LogP contribution is 2.36. The number of allylic oxidation sites excluding steroid dienone is 2. The van der Waals surface area contributed by atoms with Gasteiger partial charge in [0.1, 0.15) is 9.75 Å². The zero-order valence-corrected chi connectivity index (χ0v) is 17.3. The molecule has 4 nitrogen and oxygen atoms in total. The minimum absolute atomic E-state index is 0.122. The molecule has 0 N–H and O–H groups in total. The second kappa shape index (κ2) is 10.5. The Morgan fingerprint density at radius 3 is 1.54 bits per heavy atom. The average molecular weight is 402 g/mol. The third-order valence-electron chi connectivity index (χ3n) is 3.85. The summed E-state index contributed by atoms with van der Waals surface area (Å²) in [4.78, 5) is 21.7. The lowest BCUT2D eigenvalue weighted by Crippen LogP contribution is -2.35. The standard InChI is InChI=1S/C17H27Cl3O4/c1-6-16(19,14(21)23-8-3)10-12(5)13(18)11-17(20,7-2)15(22)24-9-4/h6-11H2,1-5H3. The maximum Gasteiger partial charge on any atom is 0.327 e. The van der Waals surface area contributed by atoms with Crippen LogP contribution >= 0.6 is 34.8 Å². The lowest BCUT2D eigenvalue weighted by molar-refractivity contribution is -0.147. The van der Waals surface area contributed by atoms with Crippen molar-refractivity contribution in [2.75, 3.05) is 13.2 Å². The molecule has 0 bridgehead atoms. The summed E-state index contributed by atoms with van der Waals surface area (Å²) in [6.07, 6.45) is 1.11. The van der Waals surface area contributed by atoms with Gasteiger partial charge in [-0.25, -0.2) is 0 Å². The number of rotatable bonds is 10.